The molecule has 1 aliphatic heterocycles. The van der Waals surface area contributed by atoms with E-state index in [9.17, 15) is 4.79 Å². The van der Waals surface area contributed by atoms with E-state index in [-0.39, 0.29) is 17.8 Å². The SMILES string of the molecule is O=C(CCc1ccc(O)cc1)OC[C@@H]1CO1. The summed E-state index contributed by atoms with van der Waals surface area (Å²) in [5, 5.41) is 9.08. The summed E-state index contributed by atoms with van der Waals surface area (Å²) in [5.74, 6) is 0.0285. The molecule has 0 aliphatic carbocycles. The highest BCUT2D eigenvalue weighted by Crippen LogP contribution is 2.12. The first-order valence-electron chi connectivity index (χ1n) is 5.29. The van der Waals surface area contributed by atoms with Crippen LogP contribution in [0.15, 0.2) is 24.3 Å². The molecule has 0 bridgehead atoms. The van der Waals surface area contributed by atoms with Crippen molar-refractivity contribution in [2.75, 3.05) is 13.2 Å². The number of carbonyl (C=O) groups is 1. The van der Waals surface area contributed by atoms with E-state index < -0.39 is 0 Å². The van der Waals surface area contributed by atoms with Crippen LogP contribution in [0.25, 0.3) is 0 Å². The van der Waals surface area contributed by atoms with Crippen LogP contribution in [0.5, 0.6) is 5.75 Å². The van der Waals surface area contributed by atoms with Crippen molar-refractivity contribution in [2.24, 2.45) is 0 Å². The molecule has 0 unspecified atom stereocenters. The Morgan fingerprint density at radius 1 is 1.44 bits per heavy atom. The minimum atomic E-state index is -0.205. The van der Waals surface area contributed by atoms with E-state index in [2.05, 4.69) is 0 Å². The fourth-order valence-corrected chi connectivity index (χ4v) is 1.33. The number of phenols is 1. The summed E-state index contributed by atoms with van der Waals surface area (Å²) >= 11 is 0. The lowest BCUT2D eigenvalue weighted by atomic mass is 10.1. The van der Waals surface area contributed by atoms with Crippen LogP contribution in [-0.2, 0) is 20.7 Å². The molecule has 0 saturated carbocycles. The fourth-order valence-electron chi connectivity index (χ4n) is 1.33. The zero-order chi connectivity index (χ0) is 11.4. The van der Waals surface area contributed by atoms with E-state index in [1.807, 2.05) is 0 Å². The average molecular weight is 222 g/mol. The Morgan fingerprint density at radius 3 is 2.75 bits per heavy atom. The van der Waals surface area contributed by atoms with Gasteiger partial charge in [0, 0.05) is 6.42 Å². The molecule has 16 heavy (non-hydrogen) atoms. The Morgan fingerprint density at radius 2 is 2.12 bits per heavy atom. The number of ether oxygens (including phenoxy) is 2. The molecule has 0 amide bonds. The Labute approximate surface area is 93.8 Å². The highest BCUT2D eigenvalue weighted by atomic mass is 16.6. The van der Waals surface area contributed by atoms with Gasteiger partial charge in [0.1, 0.15) is 18.5 Å². The van der Waals surface area contributed by atoms with Gasteiger partial charge >= 0.3 is 5.97 Å². The van der Waals surface area contributed by atoms with Gasteiger partial charge in [-0.05, 0) is 24.1 Å². The Hall–Kier alpha value is -1.55. The molecule has 4 heteroatoms. The Balaban J connectivity index is 1.69. The molecule has 2 rings (SSSR count). The molecule has 1 aromatic carbocycles. The van der Waals surface area contributed by atoms with Crippen LogP contribution in [0.3, 0.4) is 0 Å². The van der Waals surface area contributed by atoms with Gasteiger partial charge in [-0.25, -0.2) is 0 Å². The topological polar surface area (TPSA) is 59.1 Å². The van der Waals surface area contributed by atoms with Gasteiger partial charge in [0.15, 0.2) is 0 Å². The number of aromatic hydroxyl groups is 1. The first kappa shape index (κ1) is 11.0. The molecule has 1 saturated heterocycles. The second-order valence-corrected chi connectivity index (χ2v) is 3.80. The maximum absolute atomic E-state index is 11.3. The first-order valence-corrected chi connectivity index (χ1v) is 5.29. The van der Waals surface area contributed by atoms with Gasteiger partial charge in [0.2, 0.25) is 0 Å². The summed E-state index contributed by atoms with van der Waals surface area (Å²) in [7, 11) is 0. The van der Waals surface area contributed by atoms with Gasteiger partial charge in [-0.2, -0.15) is 0 Å². The molecule has 1 aromatic rings. The summed E-state index contributed by atoms with van der Waals surface area (Å²) in [6, 6.07) is 6.82. The summed E-state index contributed by atoms with van der Waals surface area (Å²) in [4.78, 5) is 11.3. The summed E-state index contributed by atoms with van der Waals surface area (Å²) in [5.41, 5.74) is 1.01. The lowest BCUT2D eigenvalue weighted by molar-refractivity contribution is -0.144. The normalized spacial score (nSPS) is 18.1. The number of hydrogen-bond donors (Lipinski definition) is 1. The monoisotopic (exact) mass is 222 g/mol. The first-order chi connectivity index (χ1) is 7.74. The van der Waals surface area contributed by atoms with E-state index in [0.717, 1.165) is 5.56 Å². The highest BCUT2D eigenvalue weighted by molar-refractivity contribution is 5.69. The van der Waals surface area contributed by atoms with E-state index >= 15 is 0 Å². The van der Waals surface area contributed by atoms with Crippen molar-refractivity contribution in [3.05, 3.63) is 29.8 Å². The number of aryl methyl sites for hydroxylation is 1. The third kappa shape index (κ3) is 3.55. The van der Waals surface area contributed by atoms with Crippen molar-refractivity contribution in [1.82, 2.24) is 0 Å². The third-order valence-corrected chi connectivity index (χ3v) is 2.39. The zero-order valence-electron chi connectivity index (χ0n) is 8.89. The van der Waals surface area contributed by atoms with Crippen LogP contribution in [0.2, 0.25) is 0 Å². The standard InChI is InChI=1S/C12H14O4/c13-10-4-1-9(2-5-10)3-6-12(14)16-8-11-7-15-11/h1-2,4-5,11,13H,3,6-8H2/t11-/m0/s1. The smallest absolute Gasteiger partial charge is 0.306 e. The molecule has 4 nitrogen and oxygen atoms in total. The van der Waals surface area contributed by atoms with Crippen molar-refractivity contribution >= 4 is 5.97 Å². The second-order valence-electron chi connectivity index (χ2n) is 3.80. The van der Waals surface area contributed by atoms with Crippen LogP contribution in [0, 0.1) is 0 Å². The number of rotatable bonds is 5. The van der Waals surface area contributed by atoms with Gasteiger partial charge < -0.3 is 14.6 Å². The van der Waals surface area contributed by atoms with Gasteiger partial charge in [-0.15, -0.1) is 0 Å². The number of hydrogen-bond acceptors (Lipinski definition) is 4. The number of phenolic OH excluding ortho intramolecular Hbond substituents is 1. The van der Waals surface area contributed by atoms with Crippen LogP contribution in [0.4, 0.5) is 0 Å². The molecule has 86 valence electrons. The maximum Gasteiger partial charge on any atom is 0.306 e. The average Bonchev–Trinajstić information content (AvgIpc) is 3.09. The van der Waals surface area contributed by atoms with Crippen LogP contribution in [0.1, 0.15) is 12.0 Å². The van der Waals surface area contributed by atoms with Crippen molar-refractivity contribution < 1.29 is 19.4 Å². The number of esters is 1. The summed E-state index contributed by atoms with van der Waals surface area (Å²) in [6.07, 6.45) is 1.11. The molecule has 1 heterocycles. The molecule has 0 radical (unpaired) electrons. The van der Waals surface area contributed by atoms with Gasteiger partial charge in [-0.1, -0.05) is 12.1 Å². The molecule has 1 aliphatic rings. The van der Waals surface area contributed by atoms with E-state index in [4.69, 9.17) is 14.6 Å². The van der Waals surface area contributed by atoms with E-state index in [1.165, 1.54) is 0 Å². The number of benzene rings is 1. The predicted octanol–water partition coefficient (Wildman–Crippen LogP) is 1.27. The molecule has 1 N–H and O–H groups in total. The van der Waals surface area contributed by atoms with E-state index in [0.29, 0.717) is 26.1 Å². The summed E-state index contributed by atoms with van der Waals surface area (Å²) in [6.45, 7) is 1.07. The molecule has 1 fully saturated rings. The molecule has 0 aromatic heterocycles. The van der Waals surface area contributed by atoms with Crippen molar-refractivity contribution in [1.29, 1.82) is 0 Å². The second kappa shape index (κ2) is 4.99. The van der Waals surface area contributed by atoms with E-state index in [1.54, 1.807) is 24.3 Å². The minimum absolute atomic E-state index is 0.123. The Bertz CT molecular complexity index is 354. The van der Waals surface area contributed by atoms with Crippen molar-refractivity contribution in [3.63, 3.8) is 0 Å². The van der Waals surface area contributed by atoms with Gasteiger partial charge in [0.25, 0.3) is 0 Å². The molecular weight excluding hydrogens is 208 g/mol. The fraction of sp³-hybridized carbons (Fsp3) is 0.417. The van der Waals surface area contributed by atoms with Crippen LogP contribution < -0.4 is 0 Å². The molecule has 0 spiro atoms. The van der Waals surface area contributed by atoms with Crippen LogP contribution in [-0.4, -0.2) is 30.4 Å². The molecule has 1 atom stereocenters. The molecular formula is C12H14O4. The van der Waals surface area contributed by atoms with Gasteiger partial charge in [-0.3, -0.25) is 4.79 Å². The predicted molar refractivity (Wildman–Crippen MR) is 57.1 cm³/mol. The minimum Gasteiger partial charge on any atom is -0.508 e. The zero-order valence-corrected chi connectivity index (χ0v) is 8.89. The third-order valence-electron chi connectivity index (χ3n) is 2.39. The number of epoxide rings is 1. The lowest BCUT2D eigenvalue weighted by Crippen LogP contribution is -2.10. The number of carbonyl (C=O) groups excluding carboxylic acids is 1. The largest absolute Gasteiger partial charge is 0.508 e. The quantitative estimate of drug-likeness (QED) is 0.602. The highest BCUT2D eigenvalue weighted by Gasteiger charge is 2.23. The van der Waals surface area contributed by atoms with Gasteiger partial charge in [0.05, 0.1) is 6.61 Å². The summed E-state index contributed by atoms with van der Waals surface area (Å²) < 4.78 is 9.93. The Kier molecular flexibility index (Phi) is 3.41. The van der Waals surface area contributed by atoms with Crippen molar-refractivity contribution in [2.45, 2.75) is 18.9 Å². The van der Waals surface area contributed by atoms with Crippen LogP contribution >= 0.6 is 0 Å². The maximum atomic E-state index is 11.3. The van der Waals surface area contributed by atoms with Crippen molar-refractivity contribution in [3.8, 4) is 5.75 Å². The lowest BCUT2D eigenvalue weighted by Gasteiger charge is -2.03.